The van der Waals surface area contributed by atoms with Crippen LogP contribution in [0.2, 0.25) is 0 Å². The van der Waals surface area contributed by atoms with E-state index < -0.39 is 15.8 Å². The Hall–Kier alpha value is -1.17. The van der Waals surface area contributed by atoms with Gasteiger partial charge in [0.05, 0.1) is 12.4 Å². The molecule has 6 heteroatoms. The van der Waals surface area contributed by atoms with E-state index in [0.717, 1.165) is 0 Å². The van der Waals surface area contributed by atoms with Crippen molar-refractivity contribution in [3.05, 3.63) is 24.3 Å². The van der Waals surface area contributed by atoms with Crippen molar-refractivity contribution in [2.45, 2.75) is 13.3 Å². The van der Waals surface area contributed by atoms with E-state index in [2.05, 4.69) is 4.98 Å². The van der Waals surface area contributed by atoms with Crippen LogP contribution in [-0.4, -0.2) is 31.5 Å². The Balaban J connectivity index is 2.35. The van der Waals surface area contributed by atoms with Crippen molar-refractivity contribution >= 4 is 9.84 Å². The Morgan fingerprint density at radius 3 is 2.88 bits per heavy atom. The summed E-state index contributed by atoms with van der Waals surface area (Å²) in [5.41, 5.74) is 0. The van der Waals surface area contributed by atoms with Crippen molar-refractivity contribution in [3.63, 3.8) is 0 Å². The van der Waals surface area contributed by atoms with Crippen molar-refractivity contribution in [2.75, 3.05) is 18.1 Å². The van der Waals surface area contributed by atoms with E-state index in [4.69, 9.17) is 4.74 Å². The molecule has 0 N–H and O–H groups in total. The summed E-state index contributed by atoms with van der Waals surface area (Å²) in [7, 11) is -2.97. The molecule has 0 radical (unpaired) electrons. The number of sulfone groups is 1. The summed E-state index contributed by atoms with van der Waals surface area (Å²) in [4.78, 5) is 3.41. The van der Waals surface area contributed by atoms with E-state index in [1.807, 2.05) is 0 Å². The summed E-state index contributed by atoms with van der Waals surface area (Å²) in [5, 5.41) is 0. The molecule has 0 unspecified atom stereocenters. The molecule has 1 aromatic rings. The largest absolute Gasteiger partial charge is 0.489 e. The highest BCUT2D eigenvalue weighted by atomic mass is 32.2. The zero-order valence-corrected chi connectivity index (χ0v) is 9.84. The first-order chi connectivity index (χ1) is 7.55. The van der Waals surface area contributed by atoms with E-state index in [1.54, 1.807) is 13.0 Å². The third kappa shape index (κ3) is 4.14. The first-order valence-corrected chi connectivity index (χ1v) is 6.81. The fourth-order valence-electron chi connectivity index (χ4n) is 1.08. The Labute approximate surface area is 94.4 Å². The average molecular weight is 247 g/mol. The van der Waals surface area contributed by atoms with Gasteiger partial charge in [0.1, 0.15) is 9.84 Å². The summed E-state index contributed by atoms with van der Waals surface area (Å²) in [6, 6.07) is 3.01. The minimum absolute atomic E-state index is 0.0522. The smallest absolute Gasteiger partial charge is 0.255 e. The van der Waals surface area contributed by atoms with Crippen LogP contribution < -0.4 is 4.74 Å². The Bertz CT molecular complexity index is 433. The van der Waals surface area contributed by atoms with Gasteiger partial charge < -0.3 is 4.74 Å². The van der Waals surface area contributed by atoms with Gasteiger partial charge in [-0.1, -0.05) is 6.92 Å². The zero-order valence-electron chi connectivity index (χ0n) is 9.02. The lowest BCUT2D eigenvalue weighted by atomic mass is 10.4. The van der Waals surface area contributed by atoms with E-state index in [9.17, 15) is 12.8 Å². The third-order valence-electron chi connectivity index (χ3n) is 2.02. The molecule has 4 nitrogen and oxygen atoms in total. The fraction of sp³-hybridized carbons (Fsp3) is 0.500. The summed E-state index contributed by atoms with van der Waals surface area (Å²) >= 11 is 0. The van der Waals surface area contributed by atoms with Crippen LogP contribution in [0.4, 0.5) is 4.39 Å². The molecule has 1 aromatic heterocycles. The summed E-state index contributed by atoms with van der Waals surface area (Å²) in [5.74, 6) is -0.447. The van der Waals surface area contributed by atoms with Gasteiger partial charge in [0.2, 0.25) is 0 Å². The number of aromatic nitrogens is 1. The first kappa shape index (κ1) is 12.9. The molecular formula is C10H14FNO3S. The molecule has 0 saturated heterocycles. The molecule has 0 amide bonds. The predicted octanol–water partition coefficient (Wildman–Crippen LogP) is 1.42. The molecule has 0 aromatic carbocycles. The standard InChI is InChI=1S/C10H14FNO3S/c1-2-16(13,14)8-4-7-15-9-5-3-6-12-10(9)11/h3,5-6H,2,4,7-8H2,1H3. The van der Waals surface area contributed by atoms with Crippen LogP contribution in [-0.2, 0) is 9.84 Å². The second kappa shape index (κ2) is 5.79. The lowest BCUT2D eigenvalue weighted by Crippen LogP contribution is -2.12. The van der Waals surface area contributed by atoms with Crippen LogP contribution in [0.15, 0.2) is 18.3 Å². The van der Waals surface area contributed by atoms with Crippen molar-refractivity contribution in [1.29, 1.82) is 0 Å². The SMILES string of the molecule is CCS(=O)(=O)CCCOc1cccnc1F. The van der Waals surface area contributed by atoms with Gasteiger partial charge in [0.25, 0.3) is 5.95 Å². The van der Waals surface area contributed by atoms with Crippen molar-refractivity contribution < 1.29 is 17.5 Å². The molecule has 0 atom stereocenters. The highest BCUT2D eigenvalue weighted by Crippen LogP contribution is 2.12. The van der Waals surface area contributed by atoms with Gasteiger partial charge in [-0.15, -0.1) is 0 Å². The normalized spacial score (nSPS) is 11.4. The third-order valence-corrected chi connectivity index (χ3v) is 3.81. The molecule has 0 fully saturated rings. The van der Waals surface area contributed by atoms with E-state index in [0.29, 0.717) is 6.42 Å². The number of halogens is 1. The monoisotopic (exact) mass is 247 g/mol. The molecule has 0 saturated carbocycles. The first-order valence-electron chi connectivity index (χ1n) is 4.99. The van der Waals surface area contributed by atoms with Gasteiger partial charge in [0.15, 0.2) is 5.75 Å². The van der Waals surface area contributed by atoms with Crippen molar-refractivity contribution in [1.82, 2.24) is 4.98 Å². The highest BCUT2D eigenvalue weighted by Gasteiger charge is 2.07. The maximum absolute atomic E-state index is 13.0. The van der Waals surface area contributed by atoms with Crippen molar-refractivity contribution in [3.8, 4) is 5.75 Å². The number of pyridine rings is 1. The number of nitrogens with zero attached hydrogens (tertiary/aromatic N) is 1. The maximum atomic E-state index is 13.0. The lowest BCUT2D eigenvalue weighted by Gasteiger charge is -2.05. The van der Waals surface area contributed by atoms with Crippen LogP contribution in [0.3, 0.4) is 0 Å². The molecular weight excluding hydrogens is 233 g/mol. The maximum Gasteiger partial charge on any atom is 0.255 e. The molecule has 0 aliphatic rings. The van der Waals surface area contributed by atoms with Gasteiger partial charge in [-0.25, -0.2) is 13.4 Å². The number of rotatable bonds is 6. The fourth-order valence-corrected chi connectivity index (χ4v) is 1.93. The van der Waals surface area contributed by atoms with E-state index >= 15 is 0 Å². The molecule has 0 bridgehead atoms. The van der Waals surface area contributed by atoms with Gasteiger partial charge in [0, 0.05) is 11.9 Å². The molecule has 1 rings (SSSR count). The summed E-state index contributed by atoms with van der Waals surface area (Å²) < 4.78 is 40.3. The Morgan fingerprint density at radius 2 is 2.25 bits per heavy atom. The van der Waals surface area contributed by atoms with Crippen LogP contribution in [0.5, 0.6) is 5.75 Å². The van der Waals surface area contributed by atoms with Crippen LogP contribution >= 0.6 is 0 Å². The van der Waals surface area contributed by atoms with Crippen LogP contribution in [0.25, 0.3) is 0 Å². The van der Waals surface area contributed by atoms with Crippen molar-refractivity contribution in [2.24, 2.45) is 0 Å². The van der Waals surface area contributed by atoms with Crippen LogP contribution in [0, 0.1) is 5.95 Å². The number of ether oxygens (including phenoxy) is 1. The highest BCUT2D eigenvalue weighted by molar-refractivity contribution is 7.91. The second-order valence-corrected chi connectivity index (χ2v) is 5.70. The lowest BCUT2D eigenvalue weighted by molar-refractivity contribution is 0.297. The average Bonchev–Trinajstić information content (AvgIpc) is 2.27. The second-order valence-electron chi connectivity index (χ2n) is 3.23. The van der Waals surface area contributed by atoms with Gasteiger partial charge >= 0.3 is 0 Å². The van der Waals surface area contributed by atoms with E-state index in [1.165, 1.54) is 12.3 Å². The molecule has 90 valence electrons. The quantitative estimate of drug-likeness (QED) is 0.563. The minimum atomic E-state index is -2.97. The van der Waals surface area contributed by atoms with Gasteiger partial charge in [-0.05, 0) is 18.6 Å². The molecule has 0 spiro atoms. The molecule has 1 heterocycles. The molecule has 16 heavy (non-hydrogen) atoms. The van der Waals surface area contributed by atoms with Crippen LogP contribution in [0.1, 0.15) is 13.3 Å². The zero-order chi connectivity index (χ0) is 12.0. The summed E-state index contributed by atoms with van der Waals surface area (Å²) in [6.45, 7) is 1.76. The van der Waals surface area contributed by atoms with Gasteiger partial charge in [-0.2, -0.15) is 4.39 Å². The topological polar surface area (TPSA) is 56.3 Å². The molecule has 0 aliphatic carbocycles. The predicted molar refractivity (Wildman–Crippen MR) is 58.6 cm³/mol. The van der Waals surface area contributed by atoms with Gasteiger partial charge in [-0.3, -0.25) is 0 Å². The number of hydrogen-bond donors (Lipinski definition) is 0. The minimum Gasteiger partial charge on any atom is -0.489 e. The summed E-state index contributed by atoms with van der Waals surface area (Å²) in [6.07, 6.45) is 1.67. The van der Waals surface area contributed by atoms with E-state index in [-0.39, 0.29) is 23.9 Å². The Morgan fingerprint density at radius 1 is 1.50 bits per heavy atom. The number of hydrogen-bond acceptors (Lipinski definition) is 4. The Kier molecular flexibility index (Phi) is 4.67. The molecule has 0 aliphatic heterocycles.